The van der Waals surface area contributed by atoms with Crippen LogP contribution in [0.1, 0.15) is 22.3 Å². The van der Waals surface area contributed by atoms with E-state index in [0.29, 0.717) is 25.1 Å². The fourth-order valence-electron chi connectivity index (χ4n) is 1.97. The quantitative estimate of drug-likeness (QED) is 0.364. The van der Waals surface area contributed by atoms with E-state index in [1.54, 1.807) is 18.0 Å². The molecule has 0 unspecified atom stereocenters. The van der Waals surface area contributed by atoms with E-state index in [4.69, 9.17) is 15.7 Å². The Kier molecular flexibility index (Phi) is 3.89. The number of nitrogens with zero attached hydrogens (tertiary/aromatic N) is 2. The topological polar surface area (TPSA) is 88.1 Å². The monoisotopic (exact) mass is 263 g/mol. The summed E-state index contributed by atoms with van der Waals surface area (Å²) >= 11 is 0. The first kappa shape index (κ1) is 13.2. The molecule has 3 N–H and O–H groups in total. The first-order valence-electron chi connectivity index (χ1n) is 6.09. The predicted octanol–water partition coefficient (Wildman–Crippen LogP) is 0.830. The lowest BCUT2D eigenvalue weighted by atomic mass is 10.1. The van der Waals surface area contributed by atoms with Crippen LogP contribution in [-0.4, -0.2) is 42.0 Å². The van der Waals surface area contributed by atoms with E-state index in [2.05, 4.69) is 5.16 Å². The molecule has 0 saturated heterocycles. The van der Waals surface area contributed by atoms with Crippen molar-refractivity contribution in [1.82, 2.24) is 4.90 Å². The van der Waals surface area contributed by atoms with E-state index >= 15 is 0 Å². The normalized spacial score (nSPS) is 13.8. The van der Waals surface area contributed by atoms with Crippen LogP contribution >= 0.6 is 0 Å². The number of hydrogen-bond acceptors (Lipinski definition) is 4. The molecule has 6 nitrogen and oxygen atoms in total. The maximum Gasteiger partial charge on any atom is 0.253 e. The number of ether oxygens (including phenoxy) is 1. The maximum absolute atomic E-state index is 12.2. The van der Waals surface area contributed by atoms with E-state index in [1.807, 2.05) is 12.1 Å². The third-order valence-corrected chi connectivity index (χ3v) is 3.11. The average Bonchev–Trinajstić information content (AvgIpc) is 2.90. The Morgan fingerprint density at radius 3 is 3.11 bits per heavy atom. The molecule has 0 spiro atoms. The van der Waals surface area contributed by atoms with Crippen LogP contribution in [0, 0.1) is 0 Å². The SMILES string of the molecule is CN(CCC(N)=NO)C(=O)c1ccc2c(c1)CCO2. The Morgan fingerprint density at radius 1 is 1.58 bits per heavy atom. The van der Waals surface area contributed by atoms with Crippen molar-refractivity contribution in [2.24, 2.45) is 10.9 Å². The number of rotatable bonds is 4. The molecule has 6 heteroatoms. The van der Waals surface area contributed by atoms with Crippen LogP contribution in [0.25, 0.3) is 0 Å². The van der Waals surface area contributed by atoms with Gasteiger partial charge in [0.05, 0.1) is 6.61 Å². The number of amidine groups is 1. The van der Waals surface area contributed by atoms with Gasteiger partial charge in [-0.05, 0) is 23.8 Å². The highest BCUT2D eigenvalue weighted by Gasteiger charge is 2.17. The second kappa shape index (κ2) is 5.60. The zero-order valence-electron chi connectivity index (χ0n) is 10.8. The number of fused-ring (bicyclic) bond motifs is 1. The van der Waals surface area contributed by atoms with Crippen LogP contribution in [0.4, 0.5) is 0 Å². The van der Waals surface area contributed by atoms with Crippen molar-refractivity contribution in [3.8, 4) is 5.75 Å². The minimum atomic E-state index is -0.0829. The molecule has 0 aliphatic carbocycles. The van der Waals surface area contributed by atoms with Gasteiger partial charge in [0.15, 0.2) is 0 Å². The van der Waals surface area contributed by atoms with Crippen LogP contribution in [0.15, 0.2) is 23.4 Å². The van der Waals surface area contributed by atoms with Crippen LogP contribution < -0.4 is 10.5 Å². The van der Waals surface area contributed by atoms with E-state index in [0.717, 1.165) is 17.7 Å². The molecule has 1 aliphatic rings. The fraction of sp³-hybridized carbons (Fsp3) is 0.385. The Bertz CT molecular complexity index is 514. The van der Waals surface area contributed by atoms with Crippen molar-refractivity contribution < 1.29 is 14.7 Å². The van der Waals surface area contributed by atoms with Crippen molar-refractivity contribution in [1.29, 1.82) is 0 Å². The molecule has 0 aromatic heterocycles. The predicted molar refractivity (Wildman–Crippen MR) is 70.6 cm³/mol. The molecule has 0 saturated carbocycles. The summed E-state index contributed by atoms with van der Waals surface area (Å²) < 4.78 is 5.40. The number of oxime groups is 1. The lowest BCUT2D eigenvalue weighted by Gasteiger charge is -2.17. The molecule has 1 heterocycles. The zero-order chi connectivity index (χ0) is 13.8. The van der Waals surface area contributed by atoms with Gasteiger partial charge in [-0.1, -0.05) is 5.16 Å². The van der Waals surface area contributed by atoms with Gasteiger partial charge in [0.1, 0.15) is 11.6 Å². The molecule has 0 atom stereocenters. The number of carbonyl (C=O) groups excluding carboxylic acids is 1. The highest BCUT2D eigenvalue weighted by Crippen LogP contribution is 2.26. The summed E-state index contributed by atoms with van der Waals surface area (Å²) in [5.41, 5.74) is 7.08. The zero-order valence-corrected chi connectivity index (χ0v) is 10.8. The third kappa shape index (κ3) is 2.96. The molecule has 2 rings (SSSR count). The van der Waals surface area contributed by atoms with Gasteiger partial charge in [-0.2, -0.15) is 0 Å². The van der Waals surface area contributed by atoms with Crippen molar-refractivity contribution in [3.05, 3.63) is 29.3 Å². The first-order chi connectivity index (χ1) is 9.11. The number of hydrogen-bond donors (Lipinski definition) is 2. The summed E-state index contributed by atoms with van der Waals surface area (Å²) in [4.78, 5) is 13.7. The minimum absolute atomic E-state index is 0.0829. The van der Waals surface area contributed by atoms with Crippen molar-refractivity contribution in [2.75, 3.05) is 20.2 Å². The van der Waals surface area contributed by atoms with E-state index < -0.39 is 0 Å². The molecule has 1 aromatic rings. The van der Waals surface area contributed by atoms with E-state index in [9.17, 15) is 4.79 Å². The van der Waals surface area contributed by atoms with Crippen LogP contribution in [-0.2, 0) is 6.42 Å². The van der Waals surface area contributed by atoms with Crippen LogP contribution in [0.3, 0.4) is 0 Å². The average molecular weight is 263 g/mol. The molecular weight excluding hydrogens is 246 g/mol. The standard InChI is InChI=1S/C13H17N3O3/c1-16(6-4-12(14)15-18)13(17)10-2-3-11-9(8-10)5-7-19-11/h2-3,8,18H,4-7H2,1H3,(H2,14,15). The van der Waals surface area contributed by atoms with Crippen molar-refractivity contribution in [3.63, 3.8) is 0 Å². The summed E-state index contributed by atoms with van der Waals surface area (Å²) in [6, 6.07) is 5.45. The van der Waals surface area contributed by atoms with Gasteiger partial charge >= 0.3 is 0 Å². The van der Waals surface area contributed by atoms with Gasteiger partial charge in [-0.25, -0.2) is 0 Å². The minimum Gasteiger partial charge on any atom is -0.493 e. The largest absolute Gasteiger partial charge is 0.493 e. The second-order valence-corrected chi connectivity index (χ2v) is 4.49. The molecule has 0 bridgehead atoms. The number of benzene rings is 1. The lowest BCUT2D eigenvalue weighted by molar-refractivity contribution is 0.0798. The summed E-state index contributed by atoms with van der Waals surface area (Å²) in [5, 5.41) is 11.3. The molecule has 102 valence electrons. The lowest BCUT2D eigenvalue weighted by Crippen LogP contribution is -2.30. The second-order valence-electron chi connectivity index (χ2n) is 4.49. The molecule has 1 aromatic carbocycles. The molecule has 19 heavy (non-hydrogen) atoms. The van der Waals surface area contributed by atoms with Gasteiger partial charge in [-0.15, -0.1) is 0 Å². The summed E-state index contributed by atoms with van der Waals surface area (Å²) in [6.07, 6.45) is 1.18. The van der Waals surface area contributed by atoms with Crippen molar-refractivity contribution >= 4 is 11.7 Å². The summed E-state index contributed by atoms with van der Waals surface area (Å²) in [7, 11) is 1.69. The van der Waals surface area contributed by atoms with Crippen LogP contribution in [0.2, 0.25) is 0 Å². The Morgan fingerprint density at radius 2 is 2.37 bits per heavy atom. The van der Waals surface area contributed by atoms with Gasteiger partial charge in [0.2, 0.25) is 0 Å². The number of amides is 1. The van der Waals surface area contributed by atoms with Crippen molar-refractivity contribution in [2.45, 2.75) is 12.8 Å². The van der Waals surface area contributed by atoms with Gasteiger partial charge in [0.25, 0.3) is 5.91 Å². The van der Waals surface area contributed by atoms with Gasteiger partial charge in [-0.3, -0.25) is 4.79 Å². The number of nitrogens with two attached hydrogens (primary N) is 1. The number of carbonyl (C=O) groups is 1. The van der Waals surface area contributed by atoms with Crippen LogP contribution in [0.5, 0.6) is 5.75 Å². The van der Waals surface area contributed by atoms with E-state index in [1.165, 1.54) is 0 Å². The smallest absolute Gasteiger partial charge is 0.253 e. The van der Waals surface area contributed by atoms with E-state index in [-0.39, 0.29) is 11.7 Å². The Balaban J connectivity index is 2.03. The first-order valence-corrected chi connectivity index (χ1v) is 6.09. The molecule has 1 aliphatic heterocycles. The van der Waals surface area contributed by atoms with Gasteiger partial charge in [0, 0.05) is 32.0 Å². The fourth-order valence-corrected chi connectivity index (χ4v) is 1.97. The Labute approximate surface area is 111 Å². The third-order valence-electron chi connectivity index (χ3n) is 3.11. The highest BCUT2D eigenvalue weighted by molar-refractivity contribution is 5.94. The highest BCUT2D eigenvalue weighted by atomic mass is 16.5. The summed E-state index contributed by atoms with van der Waals surface area (Å²) in [5.74, 6) is 0.887. The maximum atomic E-state index is 12.2. The molecule has 0 radical (unpaired) electrons. The summed E-state index contributed by atoms with van der Waals surface area (Å²) in [6.45, 7) is 1.08. The molecule has 1 amide bonds. The van der Waals surface area contributed by atoms with Gasteiger partial charge < -0.3 is 20.6 Å². The molecular formula is C13H17N3O3. The molecule has 0 fully saturated rings. The Hall–Kier alpha value is -2.24.